The Morgan fingerprint density at radius 3 is 2.50 bits per heavy atom. The number of aryl methyl sites for hydroxylation is 2. The van der Waals surface area contributed by atoms with Crippen LogP contribution in [0.5, 0.6) is 0 Å². The van der Waals surface area contributed by atoms with Crippen LogP contribution in [0.15, 0.2) is 29.0 Å². The number of rotatable bonds is 2. The van der Waals surface area contributed by atoms with Gasteiger partial charge >= 0.3 is 0 Å². The van der Waals surface area contributed by atoms with Gasteiger partial charge in [-0.2, -0.15) is 0 Å². The van der Waals surface area contributed by atoms with Crippen molar-refractivity contribution in [2.75, 3.05) is 0 Å². The van der Waals surface area contributed by atoms with Gasteiger partial charge in [-0.05, 0) is 48.9 Å². The van der Waals surface area contributed by atoms with Crippen molar-refractivity contribution in [1.29, 1.82) is 0 Å². The summed E-state index contributed by atoms with van der Waals surface area (Å²) in [4.78, 5) is 1.32. The second-order valence-electron chi connectivity index (χ2n) is 2.99. The average Bonchev–Trinajstić information content (AvgIpc) is 2.00. The predicted molar refractivity (Wildman–Crippen MR) is 56.7 cm³/mol. The number of thioether (sulfide) groups is 1. The summed E-state index contributed by atoms with van der Waals surface area (Å²) in [6, 6.07) is 4.41. The fraction of sp³-hybridized carbons (Fsp3) is 0.273. The topological polar surface area (TPSA) is 0 Å². The molecule has 0 aliphatic rings. The molecule has 0 unspecified atom stereocenters. The molecule has 64 valence electrons. The summed E-state index contributed by atoms with van der Waals surface area (Å²) in [6.07, 6.45) is 0. The van der Waals surface area contributed by atoms with Gasteiger partial charge in [-0.25, -0.2) is 0 Å². The van der Waals surface area contributed by atoms with Crippen LogP contribution in [0.1, 0.15) is 16.7 Å². The molecule has 0 spiro atoms. The lowest BCUT2D eigenvalue weighted by Gasteiger charge is -2.07. The molecule has 1 aromatic rings. The third-order valence-electron chi connectivity index (χ3n) is 1.97. The van der Waals surface area contributed by atoms with E-state index in [1.807, 2.05) is 5.41 Å². The predicted octanol–water partition coefficient (Wildman–Crippen LogP) is 3.85. The quantitative estimate of drug-likeness (QED) is 0.620. The summed E-state index contributed by atoms with van der Waals surface area (Å²) in [7, 11) is 0. The molecule has 0 fully saturated rings. The molecule has 0 atom stereocenters. The zero-order valence-electron chi connectivity index (χ0n) is 7.85. The van der Waals surface area contributed by atoms with Crippen molar-refractivity contribution in [2.45, 2.75) is 25.7 Å². The minimum absolute atomic E-state index is 1.32. The zero-order valence-corrected chi connectivity index (χ0v) is 8.66. The highest BCUT2D eigenvalue weighted by Gasteiger charge is 2.00. The minimum Gasteiger partial charge on any atom is -0.0984 e. The molecule has 0 radical (unpaired) electrons. The summed E-state index contributed by atoms with van der Waals surface area (Å²) >= 11 is 1.69. The molecule has 0 aromatic heterocycles. The Hall–Kier alpha value is -0.690. The second-order valence-corrected chi connectivity index (χ2v) is 4.00. The van der Waals surface area contributed by atoms with Gasteiger partial charge in [0.1, 0.15) is 0 Å². The summed E-state index contributed by atoms with van der Waals surface area (Å²) < 4.78 is 0. The van der Waals surface area contributed by atoms with Gasteiger partial charge in [0.2, 0.25) is 0 Å². The highest BCUT2D eigenvalue weighted by atomic mass is 32.2. The van der Waals surface area contributed by atoms with Crippen LogP contribution in [-0.4, -0.2) is 0 Å². The molecule has 0 saturated carbocycles. The zero-order chi connectivity index (χ0) is 9.14. The Bertz CT molecular complexity index is 300. The standard InChI is InChI=1S/C11H14S/c1-5-12-11-7-8(2)6-9(3)10(11)4/h5-7H,1H2,2-4H3. The van der Waals surface area contributed by atoms with E-state index in [1.165, 1.54) is 21.6 Å². The maximum Gasteiger partial charge on any atom is 0.0150 e. The summed E-state index contributed by atoms with van der Waals surface area (Å²) in [6.45, 7) is 10.1. The molecule has 1 heteroatoms. The fourth-order valence-corrected chi connectivity index (χ4v) is 1.98. The number of hydrogen-bond acceptors (Lipinski definition) is 1. The van der Waals surface area contributed by atoms with Gasteiger partial charge in [0.25, 0.3) is 0 Å². The maximum absolute atomic E-state index is 3.72. The Morgan fingerprint density at radius 2 is 1.92 bits per heavy atom. The molecule has 0 saturated heterocycles. The van der Waals surface area contributed by atoms with Gasteiger partial charge in [-0.1, -0.05) is 24.4 Å². The smallest absolute Gasteiger partial charge is 0.0150 e. The van der Waals surface area contributed by atoms with Crippen LogP contribution < -0.4 is 0 Å². The van der Waals surface area contributed by atoms with Crippen LogP contribution in [0.3, 0.4) is 0 Å². The maximum atomic E-state index is 3.72. The van der Waals surface area contributed by atoms with Gasteiger partial charge < -0.3 is 0 Å². The third kappa shape index (κ3) is 1.92. The van der Waals surface area contributed by atoms with Crippen LogP contribution in [0.2, 0.25) is 0 Å². The molecule has 0 bridgehead atoms. The Balaban J connectivity index is 3.17. The van der Waals surface area contributed by atoms with E-state index in [2.05, 4.69) is 39.5 Å². The first-order chi connectivity index (χ1) is 5.65. The number of benzene rings is 1. The first-order valence-corrected chi connectivity index (χ1v) is 4.88. The van der Waals surface area contributed by atoms with E-state index in [0.717, 1.165) is 0 Å². The van der Waals surface area contributed by atoms with Crippen LogP contribution in [0.25, 0.3) is 0 Å². The Kier molecular flexibility index (Phi) is 2.99. The molecule has 0 nitrogen and oxygen atoms in total. The van der Waals surface area contributed by atoms with Crippen molar-refractivity contribution in [1.82, 2.24) is 0 Å². The van der Waals surface area contributed by atoms with Gasteiger partial charge in [0, 0.05) is 4.90 Å². The second kappa shape index (κ2) is 3.81. The van der Waals surface area contributed by atoms with Crippen LogP contribution in [0.4, 0.5) is 0 Å². The van der Waals surface area contributed by atoms with E-state index in [4.69, 9.17) is 0 Å². The van der Waals surface area contributed by atoms with Crippen molar-refractivity contribution >= 4 is 11.8 Å². The summed E-state index contributed by atoms with van der Waals surface area (Å²) in [5.41, 5.74) is 4.05. The van der Waals surface area contributed by atoms with E-state index < -0.39 is 0 Å². The van der Waals surface area contributed by atoms with Crippen molar-refractivity contribution in [2.24, 2.45) is 0 Å². The van der Waals surface area contributed by atoms with Gasteiger partial charge in [-0.3, -0.25) is 0 Å². The minimum atomic E-state index is 1.32. The fourth-order valence-electron chi connectivity index (χ4n) is 1.21. The molecule has 12 heavy (non-hydrogen) atoms. The Labute approximate surface area is 78.7 Å². The SMILES string of the molecule is C=CSc1cc(C)cc(C)c1C. The van der Waals surface area contributed by atoms with Crippen molar-refractivity contribution in [3.63, 3.8) is 0 Å². The molecular weight excluding hydrogens is 164 g/mol. The molecule has 0 aliphatic carbocycles. The molecule has 1 rings (SSSR count). The molecule has 0 amide bonds. The summed E-state index contributed by atoms with van der Waals surface area (Å²) in [5, 5.41) is 1.88. The first-order valence-electron chi connectivity index (χ1n) is 4.00. The molecule has 0 aliphatic heterocycles. The largest absolute Gasteiger partial charge is 0.0984 e. The lowest BCUT2D eigenvalue weighted by Crippen LogP contribution is -1.85. The number of hydrogen-bond donors (Lipinski definition) is 0. The monoisotopic (exact) mass is 178 g/mol. The molecule has 0 N–H and O–H groups in total. The summed E-state index contributed by atoms with van der Waals surface area (Å²) in [5.74, 6) is 0. The lowest BCUT2D eigenvalue weighted by atomic mass is 10.1. The van der Waals surface area contributed by atoms with Crippen LogP contribution in [-0.2, 0) is 0 Å². The molecule has 0 heterocycles. The first kappa shape index (κ1) is 9.40. The van der Waals surface area contributed by atoms with Crippen LogP contribution in [0, 0.1) is 20.8 Å². The third-order valence-corrected chi connectivity index (χ3v) is 2.82. The van der Waals surface area contributed by atoms with Crippen molar-refractivity contribution in [3.05, 3.63) is 40.8 Å². The lowest BCUT2D eigenvalue weighted by molar-refractivity contribution is 1.20. The van der Waals surface area contributed by atoms with Crippen molar-refractivity contribution < 1.29 is 0 Å². The normalized spacial score (nSPS) is 9.92. The highest BCUT2D eigenvalue weighted by Crippen LogP contribution is 2.26. The van der Waals surface area contributed by atoms with E-state index in [9.17, 15) is 0 Å². The average molecular weight is 178 g/mol. The van der Waals surface area contributed by atoms with E-state index in [0.29, 0.717) is 0 Å². The van der Waals surface area contributed by atoms with Gasteiger partial charge in [-0.15, -0.1) is 0 Å². The van der Waals surface area contributed by atoms with Gasteiger partial charge in [0.05, 0.1) is 0 Å². The Morgan fingerprint density at radius 1 is 1.25 bits per heavy atom. The van der Waals surface area contributed by atoms with E-state index >= 15 is 0 Å². The van der Waals surface area contributed by atoms with Gasteiger partial charge in [0.15, 0.2) is 0 Å². The highest BCUT2D eigenvalue weighted by molar-refractivity contribution is 8.02. The van der Waals surface area contributed by atoms with Crippen LogP contribution >= 0.6 is 11.8 Å². The molecule has 1 aromatic carbocycles. The van der Waals surface area contributed by atoms with E-state index in [-0.39, 0.29) is 0 Å². The van der Waals surface area contributed by atoms with E-state index in [1.54, 1.807) is 11.8 Å². The molecular formula is C11H14S. The van der Waals surface area contributed by atoms with Crippen molar-refractivity contribution in [3.8, 4) is 0 Å².